The molecule has 0 aliphatic carbocycles. The third kappa shape index (κ3) is 5.72. The smallest absolute Gasteiger partial charge is 0.320 e. The molecule has 0 saturated carbocycles. The minimum atomic E-state index is -0.0478. The fourth-order valence-corrected chi connectivity index (χ4v) is 3.89. The second-order valence-corrected chi connectivity index (χ2v) is 7.14. The maximum absolute atomic E-state index is 12.5. The Labute approximate surface area is 156 Å². The molecule has 3 aliphatic rings. The first-order chi connectivity index (χ1) is 11.7. The molecule has 0 aromatic heterocycles. The quantitative estimate of drug-likeness (QED) is 0.746. The van der Waals surface area contributed by atoms with E-state index in [1.807, 2.05) is 9.80 Å². The van der Waals surface area contributed by atoms with E-state index in [4.69, 9.17) is 0 Å². The van der Waals surface area contributed by atoms with E-state index in [9.17, 15) is 9.59 Å². The summed E-state index contributed by atoms with van der Waals surface area (Å²) in [5, 5.41) is 6.41. The van der Waals surface area contributed by atoms with Crippen molar-refractivity contribution in [3.63, 3.8) is 0 Å². The summed E-state index contributed by atoms with van der Waals surface area (Å²) in [5.41, 5.74) is 0. The molecule has 0 aromatic rings. The summed E-state index contributed by atoms with van der Waals surface area (Å²) in [4.78, 5) is 31.1. The van der Waals surface area contributed by atoms with Gasteiger partial charge in [-0.3, -0.25) is 9.69 Å². The Balaban J connectivity index is 0.00000225. The van der Waals surface area contributed by atoms with Gasteiger partial charge in [-0.15, -0.1) is 12.4 Å². The van der Waals surface area contributed by atoms with Crippen LogP contribution in [-0.2, 0) is 4.79 Å². The highest BCUT2D eigenvalue weighted by molar-refractivity contribution is 5.85. The SMILES string of the molecule is Cl.O=C(NCCN1CCNCC1)C1CCCN(C(=O)N2CCCC2)C1. The van der Waals surface area contributed by atoms with E-state index in [1.165, 1.54) is 0 Å². The number of rotatable bonds is 4. The highest BCUT2D eigenvalue weighted by Gasteiger charge is 2.31. The molecule has 3 heterocycles. The zero-order valence-corrected chi connectivity index (χ0v) is 15.9. The molecule has 0 bridgehead atoms. The zero-order chi connectivity index (χ0) is 16.8. The average Bonchev–Trinajstić information content (AvgIpc) is 3.16. The first kappa shape index (κ1) is 20.3. The first-order valence-electron chi connectivity index (χ1n) is 9.48. The summed E-state index contributed by atoms with van der Waals surface area (Å²) in [6.07, 6.45) is 4.03. The van der Waals surface area contributed by atoms with E-state index < -0.39 is 0 Å². The molecule has 1 unspecified atom stereocenters. The second-order valence-electron chi connectivity index (χ2n) is 7.14. The Morgan fingerprint density at radius 3 is 2.36 bits per heavy atom. The van der Waals surface area contributed by atoms with Gasteiger partial charge in [0, 0.05) is 65.4 Å². The average molecular weight is 374 g/mol. The lowest BCUT2D eigenvalue weighted by Gasteiger charge is -2.34. The summed E-state index contributed by atoms with van der Waals surface area (Å²) in [6.45, 7) is 8.90. The number of amides is 3. The molecule has 7 nitrogen and oxygen atoms in total. The monoisotopic (exact) mass is 373 g/mol. The van der Waals surface area contributed by atoms with Crippen molar-refractivity contribution in [2.24, 2.45) is 5.92 Å². The van der Waals surface area contributed by atoms with Gasteiger partial charge < -0.3 is 20.4 Å². The second kappa shape index (κ2) is 10.2. The molecule has 3 saturated heterocycles. The van der Waals surface area contributed by atoms with E-state index in [1.54, 1.807) is 0 Å². The number of nitrogens with one attached hydrogen (secondary N) is 2. The number of piperazine rings is 1. The lowest BCUT2D eigenvalue weighted by atomic mass is 9.97. The topological polar surface area (TPSA) is 67.9 Å². The summed E-state index contributed by atoms with van der Waals surface area (Å²) >= 11 is 0. The summed E-state index contributed by atoms with van der Waals surface area (Å²) in [6, 6.07) is 0.130. The fraction of sp³-hybridized carbons (Fsp3) is 0.882. The summed E-state index contributed by atoms with van der Waals surface area (Å²) in [7, 11) is 0. The highest BCUT2D eigenvalue weighted by Crippen LogP contribution is 2.19. The Kier molecular flexibility index (Phi) is 8.26. The van der Waals surface area contributed by atoms with Crippen molar-refractivity contribution in [3.05, 3.63) is 0 Å². The molecule has 3 fully saturated rings. The standard InChI is InChI=1S/C17H31N5O2.ClH/c23-16(19-7-13-20-11-5-18-6-12-20)15-4-3-10-22(14-15)17(24)21-8-1-2-9-21;/h15,18H,1-14H2,(H,19,23);1H. The van der Waals surface area contributed by atoms with Gasteiger partial charge in [0.25, 0.3) is 0 Å². The number of hydrogen-bond acceptors (Lipinski definition) is 4. The maximum Gasteiger partial charge on any atom is 0.320 e. The summed E-state index contributed by atoms with van der Waals surface area (Å²) in [5.74, 6) is 0.0670. The van der Waals surface area contributed by atoms with Gasteiger partial charge in [-0.05, 0) is 25.7 Å². The molecule has 2 N–H and O–H groups in total. The molecular formula is C17H32ClN5O2. The number of halogens is 1. The molecule has 8 heteroatoms. The first-order valence-corrected chi connectivity index (χ1v) is 9.48. The van der Waals surface area contributed by atoms with Crippen LogP contribution in [0.5, 0.6) is 0 Å². The van der Waals surface area contributed by atoms with Crippen LogP contribution in [0.2, 0.25) is 0 Å². The number of piperidine rings is 1. The number of nitrogens with zero attached hydrogens (tertiary/aromatic N) is 3. The number of urea groups is 1. The number of carbonyl (C=O) groups excluding carboxylic acids is 2. The lowest BCUT2D eigenvalue weighted by molar-refractivity contribution is -0.126. The third-order valence-electron chi connectivity index (χ3n) is 5.38. The molecule has 0 aromatic carbocycles. The molecule has 3 rings (SSSR count). The van der Waals surface area contributed by atoms with Crippen molar-refractivity contribution < 1.29 is 9.59 Å². The van der Waals surface area contributed by atoms with Crippen molar-refractivity contribution in [3.8, 4) is 0 Å². The summed E-state index contributed by atoms with van der Waals surface area (Å²) < 4.78 is 0. The van der Waals surface area contributed by atoms with Gasteiger partial charge in [0.2, 0.25) is 5.91 Å². The van der Waals surface area contributed by atoms with E-state index in [0.29, 0.717) is 13.1 Å². The highest BCUT2D eigenvalue weighted by atomic mass is 35.5. The van der Waals surface area contributed by atoms with Crippen LogP contribution in [-0.4, -0.2) is 92.1 Å². The Morgan fingerprint density at radius 2 is 1.64 bits per heavy atom. The predicted octanol–water partition coefficient (Wildman–Crippen LogP) is 0.357. The van der Waals surface area contributed by atoms with Crippen LogP contribution in [0.1, 0.15) is 25.7 Å². The van der Waals surface area contributed by atoms with E-state index in [2.05, 4.69) is 15.5 Å². The molecule has 0 spiro atoms. The molecule has 3 aliphatic heterocycles. The van der Waals surface area contributed by atoms with E-state index in [0.717, 1.165) is 78.0 Å². The van der Waals surface area contributed by atoms with Crippen LogP contribution in [0.3, 0.4) is 0 Å². The predicted molar refractivity (Wildman–Crippen MR) is 100 cm³/mol. The Morgan fingerprint density at radius 1 is 0.960 bits per heavy atom. The molecule has 1 atom stereocenters. The van der Waals surface area contributed by atoms with Gasteiger partial charge in [-0.2, -0.15) is 0 Å². The van der Waals surface area contributed by atoms with Gasteiger partial charge >= 0.3 is 6.03 Å². The van der Waals surface area contributed by atoms with Crippen LogP contribution in [0.4, 0.5) is 4.79 Å². The van der Waals surface area contributed by atoms with Gasteiger partial charge in [0.1, 0.15) is 0 Å². The maximum atomic E-state index is 12.5. The zero-order valence-electron chi connectivity index (χ0n) is 15.0. The third-order valence-corrected chi connectivity index (χ3v) is 5.38. The number of likely N-dealkylation sites (tertiary alicyclic amines) is 2. The van der Waals surface area contributed by atoms with E-state index in [-0.39, 0.29) is 30.3 Å². The van der Waals surface area contributed by atoms with Crippen molar-refractivity contribution >= 4 is 24.3 Å². The Bertz CT molecular complexity index is 439. The van der Waals surface area contributed by atoms with Gasteiger partial charge in [0.05, 0.1) is 5.92 Å². The fourth-order valence-electron chi connectivity index (χ4n) is 3.89. The van der Waals surface area contributed by atoms with Crippen molar-refractivity contribution in [1.29, 1.82) is 0 Å². The lowest BCUT2D eigenvalue weighted by Crippen LogP contribution is -2.50. The van der Waals surface area contributed by atoms with Crippen molar-refractivity contribution in [2.45, 2.75) is 25.7 Å². The van der Waals surface area contributed by atoms with Crippen molar-refractivity contribution in [2.75, 3.05) is 65.4 Å². The number of carbonyl (C=O) groups is 2. The van der Waals surface area contributed by atoms with Crippen LogP contribution in [0.25, 0.3) is 0 Å². The Hall–Kier alpha value is -1.05. The molecule has 25 heavy (non-hydrogen) atoms. The van der Waals surface area contributed by atoms with Crippen LogP contribution in [0.15, 0.2) is 0 Å². The van der Waals surface area contributed by atoms with Crippen molar-refractivity contribution in [1.82, 2.24) is 25.3 Å². The largest absolute Gasteiger partial charge is 0.355 e. The number of hydrogen-bond donors (Lipinski definition) is 2. The molecule has 0 radical (unpaired) electrons. The van der Waals surface area contributed by atoms with E-state index >= 15 is 0 Å². The van der Waals surface area contributed by atoms with Crippen LogP contribution in [0, 0.1) is 5.92 Å². The van der Waals surface area contributed by atoms with Gasteiger partial charge in [-0.25, -0.2) is 4.79 Å². The normalized spacial score (nSPS) is 24.7. The van der Waals surface area contributed by atoms with Crippen LogP contribution < -0.4 is 10.6 Å². The molecule has 3 amide bonds. The molecule has 144 valence electrons. The minimum absolute atomic E-state index is 0. The van der Waals surface area contributed by atoms with Crippen LogP contribution >= 0.6 is 12.4 Å². The minimum Gasteiger partial charge on any atom is -0.355 e. The molecular weight excluding hydrogens is 342 g/mol. The van der Waals surface area contributed by atoms with Gasteiger partial charge in [0.15, 0.2) is 0 Å². The van der Waals surface area contributed by atoms with Gasteiger partial charge in [-0.1, -0.05) is 0 Å².